The lowest BCUT2D eigenvalue weighted by atomic mass is 10.2. The van der Waals surface area contributed by atoms with E-state index in [1.807, 2.05) is 32.0 Å². The highest BCUT2D eigenvalue weighted by Crippen LogP contribution is 2.24. The molecule has 0 atom stereocenters. The largest absolute Gasteiger partial charge is 0.322 e. The van der Waals surface area contributed by atoms with Crippen LogP contribution in [0.25, 0.3) is 0 Å². The molecule has 4 nitrogen and oxygen atoms in total. The first-order valence-electron chi connectivity index (χ1n) is 5.16. The molecule has 2 rings (SSSR count). The molecule has 1 aromatic carbocycles. The number of aromatic nitrogens is 2. The summed E-state index contributed by atoms with van der Waals surface area (Å²) in [7, 11) is 0. The minimum Gasteiger partial charge on any atom is -0.322 e. The van der Waals surface area contributed by atoms with Gasteiger partial charge in [-0.2, -0.15) is 5.10 Å². The number of hydrogen-bond donors (Lipinski definition) is 2. The van der Waals surface area contributed by atoms with Crippen LogP contribution in [0.1, 0.15) is 21.6 Å². The third-order valence-corrected chi connectivity index (χ3v) is 3.45. The third-order valence-electron chi connectivity index (χ3n) is 2.59. The first kappa shape index (κ1) is 11.9. The topological polar surface area (TPSA) is 57.8 Å². The summed E-state index contributed by atoms with van der Waals surface area (Å²) >= 11 is 3.43. The summed E-state index contributed by atoms with van der Waals surface area (Å²) in [6.45, 7) is 3.76. The average molecular weight is 294 g/mol. The Morgan fingerprint density at radius 1 is 1.41 bits per heavy atom. The van der Waals surface area contributed by atoms with Crippen molar-refractivity contribution in [1.82, 2.24) is 10.2 Å². The molecule has 17 heavy (non-hydrogen) atoms. The second-order valence-electron chi connectivity index (χ2n) is 3.78. The molecule has 0 aliphatic carbocycles. The van der Waals surface area contributed by atoms with Crippen LogP contribution in [0, 0.1) is 13.8 Å². The molecule has 0 saturated heterocycles. The molecular weight excluding hydrogens is 282 g/mol. The molecule has 1 amide bonds. The summed E-state index contributed by atoms with van der Waals surface area (Å²) in [5.74, 6) is -0.155. The van der Waals surface area contributed by atoms with Crippen molar-refractivity contribution in [1.29, 1.82) is 0 Å². The van der Waals surface area contributed by atoms with Crippen LogP contribution >= 0.6 is 15.9 Å². The van der Waals surface area contributed by atoms with Gasteiger partial charge >= 0.3 is 0 Å². The third kappa shape index (κ3) is 2.39. The number of benzene rings is 1. The van der Waals surface area contributed by atoms with E-state index in [9.17, 15) is 4.79 Å². The van der Waals surface area contributed by atoms with E-state index in [4.69, 9.17) is 0 Å². The number of nitrogens with zero attached hydrogens (tertiary/aromatic N) is 1. The Hall–Kier alpha value is -1.62. The molecule has 0 aliphatic heterocycles. The summed E-state index contributed by atoms with van der Waals surface area (Å²) in [6.07, 6.45) is 1.53. The Balaban J connectivity index is 2.25. The van der Waals surface area contributed by atoms with Crippen molar-refractivity contribution in [2.45, 2.75) is 13.8 Å². The van der Waals surface area contributed by atoms with Crippen LogP contribution in [0.2, 0.25) is 0 Å². The van der Waals surface area contributed by atoms with Gasteiger partial charge in [-0.3, -0.25) is 9.89 Å². The predicted octanol–water partition coefficient (Wildman–Crippen LogP) is 3.04. The number of anilines is 1. The number of halogens is 1. The molecular formula is C12H12BrN3O. The summed E-state index contributed by atoms with van der Waals surface area (Å²) in [4.78, 5) is 12.0. The minimum atomic E-state index is -0.155. The Bertz CT molecular complexity index is 563. The number of nitrogens with one attached hydrogen (secondary N) is 2. The molecule has 0 aliphatic rings. The second kappa shape index (κ2) is 4.71. The zero-order valence-corrected chi connectivity index (χ0v) is 11.1. The molecule has 0 radical (unpaired) electrons. The lowest BCUT2D eigenvalue weighted by molar-refractivity contribution is 0.102. The van der Waals surface area contributed by atoms with Crippen molar-refractivity contribution >= 4 is 27.5 Å². The van der Waals surface area contributed by atoms with E-state index in [1.54, 1.807) is 0 Å². The number of aromatic amines is 1. The van der Waals surface area contributed by atoms with Gasteiger partial charge in [-0.25, -0.2) is 0 Å². The van der Waals surface area contributed by atoms with Crippen LogP contribution in [0.5, 0.6) is 0 Å². The van der Waals surface area contributed by atoms with E-state index in [1.165, 1.54) is 6.20 Å². The van der Waals surface area contributed by atoms with Crippen LogP contribution in [0.4, 0.5) is 5.69 Å². The molecule has 0 fully saturated rings. The van der Waals surface area contributed by atoms with E-state index < -0.39 is 0 Å². The second-order valence-corrected chi connectivity index (χ2v) is 4.63. The highest BCUT2D eigenvalue weighted by Gasteiger charge is 2.12. The Labute approximate surface area is 108 Å². The number of aryl methyl sites for hydroxylation is 1. The molecule has 5 heteroatoms. The standard InChI is InChI=1S/C12H12BrN3O/c1-7-10(13)4-3-5-11(7)15-12(17)9-6-14-16-8(9)2/h3-6H,1-2H3,(H,14,16)(H,15,17). The van der Waals surface area contributed by atoms with E-state index >= 15 is 0 Å². The van der Waals surface area contributed by atoms with Crippen molar-refractivity contribution in [3.05, 3.63) is 45.7 Å². The van der Waals surface area contributed by atoms with Crippen molar-refractivity contribution in [2.24, 2.45) is 0 Å². The van der Waals surface area contributed by atoms with Gasteiger partial charge < -0.3 is 5.32 Å². The van der Waals surface area contributed by atoms with Crippen LogP contribution in [-0.4, -0.2) is 16.1 Å². The van der Waals surface area contributed by atoms with Crippen LogP contribution < -0.4 is 5.32 Å². The molecule has 0 bridgehead atoms. The van der Waals surface area contributed by atoms with Gasteiger partial charge in [-0.05, 0) is 31.5 Å². The number of rotatable bonds is 2. The van der Waals surface area contributed by atoms with Crippen molar-refractivity contribution in [2.75, 3.05) is 5.32 Å². The van der Waals surface area contributed by atoms with Gasteiger partial charge in [-0.1, -0.05) is 22.0 Å². The molecule has 0 unspecified atom stereocenters. The van der Waals surface area contributed by atoms with Crippen LogP contribution in [0.15, 0.2) is 28.9 Å². The molecule has 2 N–H and O–H groups in total. The summed E-state index contributed by atoms with van der Waals surface area (Å²) < 4.78 is 0.971. The Kier molecular flexibility index (Phi) is 3.28. The number of carbonyl (C=O) groups is 1. The van der Waals surface area contributed by atoms with Gasteiger partial charge in [0.25, 0.3) is 5.91 Å². The zero-order valence-electron chi connectivity index (χ0n) is 9.54. The number of amides is 1. The van der Waals surface area contributed by atoms with Gasteiger partial charge in [0.15, 0.2) is 0 Å². The normalized spacial score (nSPS) is 10.3. The molecule has 1 aromatic heterocycles. The van der Waals surface area contributed by atoms with Gasteiger partial charge in [0.05, 0.1) is 11.8 Å². The lowest BCUT2D eigenvalue weighted by Gasteiger charge is -2.08. The summed E-state index contributed by atoms with van der Waals surface area (Å²) in [5.41, 5.74) is 3.12. The maximum absolute atomic E-state index is 12.0. The lowest BCUT2D eigenvalue weighted by Crippen LogP contribution is -2.13. The molecule has 2 aromatic rings. The van der Waals surface area contributed by atoms with Crippen molar-refractivity contribution in [3.8, 4) is 0 Å². The van der Waals surface area contributed by atoms with Gasteiger partial charge in [0, 0.05) is 15.9 Å². The first-order valence-corrected chi connectivity index (χ1v) is 5.95. The van der Waals surface area contributed by atoms with Gasteiger partial charge in [0.1, 0.15) is 0 Å². The SMILES string of the molecule is Cc1[nH]ncc1C(=O)Nc1cccc(Br)c1C. The fourth-order valence-electron chi connectivity index (χ4n) is 1.51. The fourth-order valence-corrected chi connectivity index (χ4v) is 1.88. The monoisotopic (exact) mass is 293 g/mol. The van der Waals surface area contributed by atoms with Gasteiger partial charge in [0.2, 0.25) is 0 Å². The smallest absolute Gasteiger partial charge is 0.259 e. The fraction of sp³-hybridized carbons (Fsp3) is 0.167. The number of hydrogen-bond acceptors (Lipinski definition) is 2. The number of carbonyl (C=O) groups excluding carboxylic acids is 1. The average Bonchev–Trinajstić information content (AvgIpc) is 2.71. The summed E-state index contributed by atoms with van der Waals surface area (Å²) in [6, 6.07) is 5.69. The van der Waals surface area contributed by atoms with Crippen LogP contribution in [-0.2, 0) is 0 Å². The Morgan fingerprint density at radius 2 is 2.18 bits per heavy atom. The van der Waals surface area contributed by atoms with Crippen molar-refractivity contribution in [3.63, 3.8) is 0 Å². The minimum absolute atomic E-state index is 0.155. The highest BCUT2D eigenvalue weighted by atomic mass is 79.9. The molecule has 1 heterocycles. The van der Waals surface area contributed by atoms with E-state index in [0.29, 0.717) is 5.56 Å². The molecule has 88 valence electrons. The van der Waals surface area contributed by atoms with Gasteiger partial charge in [-0.15, -0.1) is 0 Å². The Morgan fingerprint density at radius 3 is 2.82 bits per heavy atom. The molecule has 0 saturated carbocycles. The predicted molar refractivity (Wildman–Crippen MR) is 70.2 cm³/mol. The highest BCUT2D eigenvalue weighted by molar-refractivity contribution is 9.10. The molecule has 0 spiro atoms. The zero-order chi connectivity index (χ0) is 12.4. The first-order chi connectivity index (χ1) is 8.09. The maximum Gasteiger partial charge on any atom is 0.259 e. The maximum atomic E-state index is 12.0. The quantitative estimate of drug-likeness (QED) is 0.894. The summed E-state index contributed by atoms with van der Waals surface area (Å²) in [5, 5.41) is 9.44. The van der Waals surface area contributed by atoms with E-state index in [2.05, 4.69) is 31.4 Å². The van der Waals surface area contributed by atoms with Crippen molar-refractivity contribution < 1.29 is 4.79 Å². The van der Waals surface area contributed by atoms with E-state index in [0.717, 1.165) is 21.4 Å². The van der Waals surface area contributed by atoms with Crippen LogP contribution in [0.3, 0.4) is 0 Å². The van der Waals surface area contributed by atoms with E-state index in [-0.39, 0.29) is 5.91 Å². The number of H-pyrrole nitrogens is 1.